The third-order valence-electron chi connectivity index (χ3n) is 4.74. The molecule has 1 aromatic carbocycles. The molecule has 0 aromatic heterocycles. The van der Waals surface area contributed by atoms with E-state index in [0.717, 1.165) is 18.4 Å². The molecule has 7 nitrogen and oxygen atoms in total. The molecule has 1 fully saturated rings. The van der Waals surface area contributed by atoms with Crippen molar-refractivity contribution in [3.63, 3.8) is 0 Å². The first-order valence-electron chi connectivity index (χ1n) is 9.60. The van der Waals surface area contributed by atoms with E-state index in [1.165, 1.54) is 13.2 Å². The maximum absolute atomic E-state index is 13.7. The van der Waals surface area contributed by atoms with Crippen LogP contribution in [0.25, 0.3) is 0 Å². The number of hydrogen-bond acceptors (Lipinski definition) is 4. The first kappa shape index (κ1) is 22.6. The highest BCUT2D eigenvalue weighted by Gasteiger charge is 2.27. The molecule has 0 bridgehead atoms. The lowest BCUT2D eigenvalue weighted by Crippen LogP contribution is -2.49. The largest absolute Gasteiger partial charge is 0.380 e. The molecule has 1 aliphatic rings. The lowest BCUT2D eigenvalue weighted by molar-refractivity contribution is 0.181. The highest BCUT2D eigenvalue weighted by Crippen LogP contribution is 2.15. The molecular formula is C19H31FN4O3S. The highest BCUT2D eigenvalue weighted by molar-refractivity contribution is 7.89. The van der Waals surface area contributed by atoms with E-state index in [4.69, 9.17) is 4.74 Å². The Bertz CT molecular complexity index is 762. The Kier molecular flexibility index (Phi) is 8.65. The van der Waals surface area contributed by atoms with E-state index in [9.17, 15) is 12.8 Å². The molecule has 158 valence electrons. The van der Waals surface area contributed by atoms with Crippen LogP contribution in [0.15, 0.2) is 23.2 Å². The number of nitrogens with one attached hydrogen (secondary N) is 2. The van der Waals surface area contributed by atoms with E-state index in [2.05, 4.69) is 15.6 Å². The third kappa shape index (κ3) is 6.42. The Hall–Kier alpha value is -1.71. The van der Waals surface area contributed by atoms with Gasteiger partial charge in [-0.1, -0.05) is 13.0 Å². The normalized spacial score (nSPS) is 16.9. The number of piperidine rings is 1. The van der Waals surface area contributed by atoms with Crippen LogP contribution in [0.5, 0.6) is 0 Å². The number of methoxy groups -OCH3 is 1. The first-order chi connectivity index (χ1) is 13.4. The molecule has 9 heteroatoms. The number of sulfonamides is 1. The zero-order chi connectivity index (χ0) is 20.6. The minimum atomic E-state index is -3.13. The number of ether oxygens (including phenoxy) is 1. The van der Waals surface area contributed by atoms with Gasteiger partial charge in [0.05, 0.1) is 12.4 Å². The van der Waals surface area contributed by atoms with Gasteiger partial charge in [-0.15, -0.1) is 0 Å². The number of nitrogens with zero attached hydrogens (tertiary/aromatic N) is 2. The van der Waals surface area contributed by atoms with Gasteiger partial charge in [-0.05, 0) is 37.0 Å². The number of hydrogen-bond donors (Lipinski definition) is 2. The summed E-state index contributed by atoms with van der Waals surface area (Å²) in [4.78, 5) is 4.23. The molecular weight excluding hydrogens is 383 g/mol. The van der Waals surface area contributed by atoms with Crippen molar-refractivity contribution in [3.8, 4) is 0 Å². The average Bonchev–Trinajstić information content (AvgIpc) is 2.68. The third-order valence-corrected chi connectivity index (χ3v) is 6.82. The van der Waals surface area contributed by atoms with Crippen LogP contribution in [0.3, 0.4) is 0 Å². The average molecular weight is 415 g/mol. The van der Waals surface area contributed by atoms with Crippen LogP contribution in [0.4, 0.5) is 4.39 Å². The minimum absolute atomic E-state index is 0.163. The van der Waals surface area contributed by atoms with Gasteiger partial charge in [-0.2, -0.15) is 0 Å². The topological polar surface area (TPSA) is 83.0 Å². The molecule has 0 atom stereocenters. The zero-order valence-corrected chi connectivity index (χ0v) is 17.7. The van der Waals surface area contributed by atoms with Crippen molar-refractivity contribution < 1.29 is 17.5 Å². The Morgan fingerprint density at radius 3 is 2.68 bits per heavy atom. The summed E-state index contributed by atoms with van der Waals surface area (Å²) in [6.45, 7) is 3.65. The van der Waals surface area contributed by atoms with Crippen molar-refractivity contribution in [2.24, 2.45) is 4.99 Å². The molecule has 1 heterocycles. The van der Waals surface area contributed by atoms with Gasteiger partial charge in [-0.3, -0.25) is 4.99 Å². The van der Waals surface area contributed by atoms with Crippen LogP contribution in [-0.2, 0) is 27.9 Å². The van der Waals surface area contributed by atoms with Crippen molar-refractivity contribution in [1.82, 2.24) is 14.9 Å². The predicted octanol–water partition coefficient (Wildman–Crippen LogP) is 1.84. The Labute approximate surface area is 167 Å². The maximum atomic E-state index is 13.7. The summed E-state index contributed by atoms with van der Waals surface area (Å²) >= 11 is 0. The van der Waals surface area contributed by atoms with E-state index in [0.29, 0.717) is 37.6 Å². The van der Waals surface area contributed by atoms with E-state index < -0.39 is 10.0 Å². The fourth-order valence-corrected chi connectivity index (χ4v) is 4.78. The Morgan fingerprint density at radius 1 is 1.36 bits per heavy atom. The van der Waals surface area contributed by atoms with Crippen molar-refractivity contribution in [2.75, 3.05) is 33.0 Å². The monoisotopic (exact) mass is 414 g/mol. The zero-order valence-electron chi connectivity index (χ0n) is 16.9. The number of rotatable bonds is 8. The number of halogens is 1. The molecule has 0 aliphatic carbocycles. The van der Waals surface area contributed by atoms with Gasteiger partial charge >= 0.3 is 0 Å². The summed E-state index contributed by atoms with van der Waals surface area (Å²) in [7, 11) is 0.0976. The first-order valence-corrected chi connectivity index (χ1v) is 11.2. The summed E-state index contributed by atoms with van der Waals surface area (Å²) in [5.41, 5.74) is 1.45. The Balaban J connectivity index is 1.85. The van der Waals surface area contributed by atoms with Gasteiger partial charge in [0.2, 0.25) is 10.0 Å². The number of aliphatic imine (C=N–C) groups is 1. The molecule has 0 unspecified atom stereocenters. The molecule has 0 amide bonds. The van der Waals surface area contributed by atoms with E-state index in [1.807, 2.05) is 6.92 Å². The summed E-state index contributed by atoms with van der Waals surface area (Å²) < 4.78 is 44.6. The van der Waals surface area contributed by atoms with Gasteiger partial charge in [0, 0.05) is 45.4 Å². The van der Waals surface area contributed by atoms with Crippen molar-refractivity contribution in [2.45, 2.75) is 45.4 Å². The molecule has 0 saturated carbocycles. The van der Waals surface area contributed by atoms with Crippen LogP contribution in [0, 0.1) is 5.82 Å². The SMILES string of the molecule is CCCS(=O)(=O)N1CCC(NC(=NC)NCc2ccc(F)c(COC)c2)CC1. The van der Waals surface area contributed by atoms with Crippen molar-refractivity contribution in [3.05, 3.63) is 35.1 Å². The standard InChI is InChI=1S/C19H31FN4O3S/c1-4-11-28(25,26)24-9-7-17(8-10-24)23-19(21-2)22-13-15-5-6-18(20)16(12-15)14-27-3/h5-6,12,17H,4,7-11,13-14H2,1-3H3,(H2,21,22,23). The molecule has 1 aromatic rings. The fraction of sp³-hybridized carbons (Fsp3) is 0.632. The van der Waals surface area contributed by atoms with Gasteiger partial charge < -0.3 is 15.4 Å². The molecule has 28 heavy (non-hydrogen) atoms. The van der Waals surface area contributed by atoms with Gasteiger partial charge in [0.25, 0.3) is 0 Å². The second kappa shape index (κ2) is 10.7. The van der Waals surface area contributed by atoms with Gasteiger partial charge in [0.15, 0.2) is 5.96 Å². The predicted molar refractivity (Wildman–Crippen MR) is 109 cm³/mol. The molecule has 1 saturated heterocycles. The minimum Gasteiger partial charge on any atom is -0.380 e. The van der Waals surface area contributed by atoms with Crippen LogP contribution >= 0.6 is 0 Å². The van der Waals surface area contributed by atoms with Gasteiger partial charge in [0.1, 0.15) is 5.82 Å². The van der Waals surface area contributed by atoms with Crippen molar-refractivity contribution in [1.29, 1.82) is 0 Å². The smallest absolute Gasteiger partial charge is 0.214 e. The maximum Gasteiger partial charge on any atom is 0.214 e. The summed E-state index contributed by atoms with van der Waals surface area (Å²) in [5, 5.41) is 6.58. The van der Waals surface area contributed by atoms with E-state index in [-0.39, 0.29) is 24.2 Å². The van der Waals surface area contributed by atoms with E-state index >= 15 is 0 Å². The highest BCUT2D eigenvalue weighted by atomic mass is 32.2. The van der Waals surface area contributed by atoms with Crippen LogP contribution < -0.4 is 10.6 Å². The molecule has 1 aliphatic heterocycles. The lowest BCUT2D eigenvalue weighted by atomic mass is 10.1. The Morgan fingerprint density at radius 2 is 2.07 bits per heavy atom. The molecule has 2 rings (SSSR count). The summed E-state index contributed by atoms with van der Waals surface area (Å²) in [6.07, 6.45) is 2.10. The molecule has 0 radical (unpaired) electrons. The molecule has 2 N–H and O–H groups in total. The van der Waals surface area contributed by atoms with Crippen molar-refractivity contribution >= 4 is 16.0 Å². The second-order valence-corrected chi connectivity index (χ2v) is 9.01. The number of guanidine groups is 1. The summed E-state index contributed by atoms with van der Waals surface area (Å²) in [6, 6.07) is 5.10. The van der Waals surface area contributed by atoms with Crippen LogP contribution in [-0.4, -0.2) is 57.7 Å². The van der Waals surface area contributed by atoms with Crippen LogP contribution in [0.2, 0.25) is 0 Å². The summed E-state index contributed by atoms with van der Waals surface area (Å²) in [5.74, 6) is 0.571. The quantitative estimate of drug-likeness (QED) is 0.501. The van der Waals surface area contributed by atoms with Gasteiger partial charge in [-0.25, -0.2) is 17.1 Å². The second-order valence-electron chi connectivity index (χ2n) is 6.92. The fourth-order valence-electron chi connectivity index (χ4n) is 3.24. The lowest BCUT2D eigenvalue weighted by Gasteiger charge is -2.32. The van der Waals surface area contributed by atoms with Crippen LogP contribution in [0.1, 0.15) is 37.3 Å². The number of benzene rings is 1. The van der Waals surface area contributed by atoms with E-state index in [1.54, 1.807) is 23.5 Å². The molecule has 0 spiro atoms.